The number of carbonyl (C=O) groups is 5. The van der Waals surface area contributed by atoms with Crippen molar-refractivity contribution in [1.82, 2.24) is 45.3 Å². The number of hydrogen-bond acceptors (Lipinski definition) is 9. The van der Waals surface area contributed by atoms with Gasteiger partial charge in [-0.3, -0.25) is 9.59 Å². The van der Waals surface area contributed by atoms with Crippen LogP contribution < -0.4 is 10.6 Å². The highest BCUT2D eigenvalue weighted by Crippen LogP contribution is 2.33. The van der Waals surface area contributed by atoms with E-state index in [4.69, 9.17) is 14.5 Å². The fourth-order valence-corrected chi connectivity index (χ4v) is 7.44. The first kappa shape index (κ1) is 42.8. The van der Waals surface area contributed by atoms with Gasteiger partial charge in [-0.25, -0.2) is 24.4 Å². The van der Waals surface area contributed by atoms with Crippen molar-refractivity contribution in [3.8, 4) is 34.4 Å². The first-order valence-electron chi connectivity index (χ1n) is 19.9. The zero-order valence-corrected chi connectivity index (χ0v) is 34.5. The van der Waals surface area contributed by atoms with E-state index >= 15 is 0 Å². The van der Waals surface area contributed by atoms with Gasteiger partial charge < -0.3 is 49.9 Å². The Morgan fingerprint density at radius 1 is 0.767 bits per heavy atom. The lowest BCUT2D eigenvalue weighted by Gasteiger charge is -2.41. The highest BCUT2D eigenvalue weighted by molar-refractivity contribution is 5.87. The average Bonchev–Trinajstić information content (AvgIpc) is 4.05. The number of aromatic amines is 2. The summed E-state index contributed by atoms with van der Waals surface area (Å²) >= 11 is 0. The lowest BCUT2D eigenvalue weighted by Crippen LogP contribution is -2.58. The third kappa shape index (κ3) is 9.71. The van der Waals surface area contributed by atoms with E-state index in [0.29, 0.717) is 23.9 Å². The Kier molecular flexibility index (Phi) is 13.4. The monoisotopic (exact) mass is 821 g/mol. The molecule has 4 atom stereocenters. The van der Waals surface area contributed by atoms with Crippen molar-refractivity contribution >= 4 is 30.1 Å². The molecule has 2 aromatic carbocycles. The summed E-state index contributed by atoms with van der Waals surface area (Å²) in [5.41, 5.74) is 4.73. The van der Waals surface area contributed by atoms with Crippen molar-refractivity contribution in [2.24, 2.45) is 11.8 Å². The van der Waals surface area contributed by atoms with Crippen molar-refractivity contribution in [3.05, 3.63) is 83.7 Å². The van der Waals surface area contributed by atoms with Crippen LogP contribution >= 0.6 is 0 Å². The van der Waals surface area contributed by atoms with Gasteiger partial charge in [0.1, 0.15) is 29.8 Å². The summed E-state index contributed by atoms with van der Waals surface area (Å²) in [4.78, 5) is 83.7. The van der Waals surface area contributed by atoms with Crippen molar-refractivity contribution < 1.29 is 38.6 Å². The molecule has 2 saturated heterocycles. The van der Waals surface area contributed by atoms with Crippen molar-refractivity contribution in [2.45, 2.75) is 64.7 Å². The number of nitrogens with zero attached hydrogens (tertiary/aromatic N) is 5. The quantitative estimate of drug-likeness (QED) is 0.133. The average molecular weight is 822 g/mol. The van der Waals surface area contributed by atoms with E-state index in [9.17, 15) is 29.1 Å². The Balaban J connectivity index is 1.11. The molecule has 0 radical (unpaired) electrons. The molecule has 60 heavy (non-hydrogen) atoms. The summed E-state index contributed by atoms with van der Waals surface area (Å²) in [5.74, 6) is 6.62. The number of H-pyrrole nitrogens is 2. The molecule has 2 aliphatic rings. The molecule has 2 aromatic heterocycles. The Bertz CT molecular complexity index is 2240. The van der Waals surface area contributed by atoms with Crippen LogP contribution in [0.1, 0.15) is 75.4 Å². The Hall–Kier alpha value is -6.83. The molecule has 4 heterocycles. The summed E-state index contributed by atoms with van der Waals surface area (Å²) in [6.07, 6.45) is 2.59. The summed E-state index contributed by atoms with van der Waals surface area (Å²) in [6.45, 7) is 8.21. The summed E-state index contributed by atoms with van der Waals surface area (Å²) in [6, 6.07) is 12.8. The molecule has 4 unspecified atom stereocenters. The normalized spacial score (nSPS) is 17.4. The molecule has 2 aliphatic heterocycles. The zero-order chi connectivity index (χ0) is 43.1. The number of alkyl carbamates (subject to hydrolysis) is 2. The first-order chi connectivity index (χ1) is 28.8. The van der Waals surface area contributed by atoms with Gasteiger partial charge in [-0.2, -0.15) is 0 Å². The summed E-state index contributed by atoms with van der Waals surface area (Å²) in [7, 11) is 2.50. The second-order valence-electron chi connectivity index (χ2n) is 15.4. The van der Waals surface area contributed by atoms with Gasteiger partial charge in [0.2, 0.25) is 11.8 Å². The molecule has 17 nitrogen and oxygen atoms in total. The molecule has 17 heteroatoms. The van der Waals surface area contributed by atoms with E-state index in [0.717, 1.165) is 40.8 Å². The molecule has 0 spiro atoms. The number of imidazole rings is 2. The number of benzene rings is 2. The topological polar surface area (TPSA) is 215 Å². The van der Waals surface area contributed by atoms with Crippen LogP contribution in [-0.4, -0.2) is 122 Å². The Labute approximate surface area is 348 Å². The first-order valence-corrected chi connectivity index (χ1v) is 19.9. The lowest BCUT2D eigenvalue weighted by molar-refractivity contribution is -0.139. The van der Waals surface area contributed by atoms with Gasteiger partial charge in [0.15, 0.2) is 0 Å². The molecule has 0 bridgehead atoms. The van der Waals surface area contributed by atoms with E-state index in [1.165, 1.54) is 19.1 Å². The molecule has 5 N–H and O–H groups in total. The number of aromatic nitrogens is 4. The van der Waals surface area contributed by atoms with Crippen molar-refractivity contribution in [3.63, 3.8) is 0 Å². The smallest absolute Gasteiger partial charge is 0.407 e. The summed E-state index contributed by atoms with van der Waals surface area (Å²) in [5, 5.41) is 15.0. The second-order valence-corrected chi connectivity index (χ2v) is 15.4. The van der Waals surface area contributed by atoms with Crippen molar-refractivity contribution in [1.29, 1.82) is 0 Å². The number of rotatable bonds is 10. The van der Waals surface area contributed by atoms with E-state index in [1.54, 1.807) is 22.2 Å². The maximum Gasteiger partial charge on any atom is 0.407 e. The number of ether oxygens (including phenoxy) is 2. The van der Waals surface area contributed by atoms with Gasteiger partial charge in [0.05, 0.1) is 44.4 Å². The van der Waals surface area contributed by atoms with Crippen LogP contribution in [0.4, 0.5) is 14.4 Å². The number of hydrogen-bond donors (Lipinski definition) is 5. The minimum atomic E-state index is -1.10. The molecule has 5 amide bonds. The second kappa shape index (κ2) is 18.8. The minimum absolute atomic E-state index is 0.00868. The number of likely N-dealkylation sites (tertiary alicyclic amines) is 1. The Morgan fingerprint density at radius 2 is 1.32 bits per heavy atom. The van der Waals surface area contributed by atoms with Gasteiger partial charge in [-0.1, -0.05) is 63.8 Å². The lowest BCUT2D eigenvalue weighted by atomic mass is 10.0. The maximum absolute atomic E-state index is 13.8. The molecule has 316 valence electrons. The van der Waals surface area contributed by atoms with Crippen molar-refractivity contribution in [2.75, 3.05) is 40.4 Å². The molecule has 0 aliphatic carbocycles. The fourth-order valence-electron chi connectivity index (χ4n) is 7.44. The van der Waals surface area contributed by atoms with Crippen LogP contribution in [0, 0.1) is 23.7 Å². The van der Waals surface area contributed by atoms with E-state index in [2.05, 4.69) is 37.4 Å². The molecular weight excluding hydrogens is 771 g/mol. The number of methoxy groups -OCH3 is 2. The summed E-state index contributed by atoms with van der Waals surface area (Å²) < 4.78 is 9.47. The highest BCUT2D eigenvalue weighted by atomic mass is 16.5. The number of carbonyl (C=O) groups excluding carboxylic acids is 4. The molecule has 4 aromatic rings. The van der Waals surface area contributed by atoms with E-state index in [-0.39, 0.29) is 49.3 Å². The SMILES string of the molecule is COC(=O)NC(C(=O)N1CCN(C(=O)O)CC1c1nc(-c2ccc(C#Cc3ccc(-c4cnc(C5CCCN5C(=O)C(NC(=O)OC)C(C)C)[nH]4)cc3)cc2)c[nH]1)C(C)C. The molecular formula is C43H51N9O8. The largest absolute Gasteiger partial charge is 0.465 e. The molecule has 0 saturated carbocycles. The van der Waals surface area contributed by atoms with E-state index < -0.39 is 36.4 Å². The maximum atomic E-state index is 13.8. The van der Waals surface area contributed by atoms with Gasteiger partial charge in [0, 0.05) is 42.5 Å². The highest BCUT2D eigenvalue weighted by Gasteiger charge is 2.40. The van der Waals surface area contributed by atoms with Crippen LogP contribution in [0.3, 0.4) is 0 Å². The number of amides is 5. The van der Waals surface area contributed by atoms with Crippen LogP contribution in [0.5, 0.6) is 0 Å². The van der Waals surface area contributed by atoms with Crippen LogP contribution in [0.15, 0.2) is 60.9 Å². The third-order valence-corrected chi connectivity index (χ3v) is 10.8. The number of nitrogens with one attached hydrogen (secondary N) is 4. The van der Waals surface area contributed by atoms with Gasteiger partial charge in [0.25, 0.3) is 0 Å². The number of piperazine rings is 1. The minimum Gasteiger partial charge on any atom is -0.465 e. The fraction of sp³-hybridized carbons (Fsp3) is 0.419. The standard InChI is InChI=1S/C43H51N9O8/c1-25(2)35(48-41(55)59-5)39(53)51-19-7-8-33(51)37-44-22-31(46-37)29-15-11-27(12-16-29)9-10-28-13-17-30(18-14-28)32-23-45-38(47-32)34-24-50(43(57)58)20-21-52(34)40(54)36(26(3)4)49-42(56)60-6/h11-18,22-23,25-26,33-36H,7-8,19-21,24H2,1-6H3,(H,44,46)(H,45,47)(H,48,55)(H,49,56)(H,57,58). The molecule has 6 rings (SSSR count). The van der Waals surface area contributed by atoms with Crippen LogP contribution in [0.2, 0.25) is 0 Å². The van der Waals surface area contributed by atoms with Crippen LogP contribution in [-0.2, 0) is 19.1 Å². The predicted molar refractivity (Wildman–Crippen MR) is 220 cm³/mol. The van der Waals surface area contributed by atoms with Gasteiger partial charge in [-0.15, -0.1) is 0 Å². The van der Waals surface area contributed by atoms with E-state index in [1.807, 2.05) is 76.2 Å². The zero-order valence-electron chi connectivity index (χ0n) is 34.5. The van der Waals surface area contributed by atoms with Gasteiger partial charge >= 0.3 is 18.3 Å². The van der Waals surface area contributed by atoms with Crippen LogP contribution in [0.25, 0.3) is 22.5 Å². The molecule has 2 fully saturated rings. The third-order valence-electron chi connectivity index (χ3n) is 10.8. The number of carboxylic acid groups (broad SMARTS) is 1. The predicted octanol–water partition coefficient (Wildman–Crippen LogP) is 5.15. The Morgan fingerprint density at radius 3 is 1.85 bits per heavy atom. The van der Waals surface area contributed by atoms with Gasteiger partial charge in [-0.05, 0) is 54.5 Å².